The highest BCUT2D eigenvalue weighted by atomic mass is 35.5. The Bertz CT molecular complexity index is 1020. The summed E-state index contributed by atoms with van der Waals surface area (Å²) in [5.74, 6) is -0.627. The molecule has 7 heteroatoms. The van der Waals surface area contributed by atoms with Crippen LogP contribution in [0.3, 0.4) is 0 Å². The Kier molecular flexibility index (Phi) is 7.26. The number of halogens is 1. The van der Waals surface area contributed by atoms with Crippen molar-refractivity contribution in [1.82, 2.24) is 4.90 Å². The fraction of sp³-hybridized carbons (Fsp3) is 0.217. The van der Waals surface area contributed by atoms with Crippen LogP contribution in [0, 0.1) is 0 Å². The Morgan fingerprint density at radius 2 is 1.73 bits per heavy atom. The van der Waals surface area contributed by atoms with Crippen molar-refractivity contribution in [2.24, 2.45) is 0 Å². The summed E-state index contributed by atoms with van der Waals surface area (Å²) in [6.45, 7) is 2.46. The first-order valence-corrected chi connectivity index (χ1v) is 10.3. The Balaban J connectivity index is 0.00000256. The van der Waals surface area contributed by atoms with Crippen LogP contribution in [0.15, 0.2) is 60.7 Å². The van der Waals surface area contributed by atoms with Gasteiger partial charge in [-0.3, -0.25) is 9.69 Å². The average molecular weight is 443 g/mol. The zero-order valence-electron chi connectivity index (χ0n) is 16.6. The number of nitrogens with one attached hydrogen (secondary N) is 1. The topological polar surface area (TPSA) is 58.6 Å². The molecule has 0 saturated carbocycles. The van der Waals surface area contributed by atoms with Crippen molar-refractivity contribution in [3.8, 4) is 0 Å². The molecule has 1 aromatic heterocycles. The van der Waals surface area contributed by atoms with Crippen LogP contribution < -0.4 is 5.32 Å². The number of hydrogen-bond donors (Lipinski definition) is 1. The zero-order valence-corrected chi connectivity index (χ0v) is 18.2. The lowest BCUT2D eigenvalue weighted by Gasteiger charge is -2.27. The van der Waals surface area contributed by atoms with Gasteiger partial charge in [-0.25, -0.2) is 4.79 Å². The largest absolute Gasteiger partial charge is 0.465 e. The van der Waals surface area contributed by atoms with Crippen molar-refractivity contribution in [2.75, 3.05) is 19.0 Å². The fourth-order valence-corrected chi connectivity index (χ4v) is 4.88. The molecule has 0 fully saturated rings. The van der Waals surface area contributed by atoms with E-state index in [2.05, 4.69) is 22.3 Å². The maximum atomic E-state index is 12.6. The number of hydrogen-bond acceptors (Lipinski definition) is 5. The fourth-order valence-electron chi connectivity index (χ4n) is 3.60. The number of carbonyl (C=O) groups is 2. The van der Waals surface area contributed by atoms with E-state index in [0.717, 1.165) is 36.5 Å². The third-order valence-electron chi connectivity index (χ3n) is 5.04. The van der Waals surface area contributed by atoms with E-state index in [0.29, 0.717) is 16.1 Å². The van der Waals surface area contributed by atoms with Crippen molar-refractivity contribution in [3.63, 3.8) is 0 Å². The number of anilines is 1. The molecule has 4 rings (SSSR count). The average Bonchev–Trinajstić information content (AvgIpc) is 3.11. The second-order valence-electron chi connectivity index (χ2n) is 6.97. The summed E-state index contributed by atoms with van der Waals surface area (Å²) < 4.78 is 5.01. The number of carbonyl (C=O) groups excluding carboxylic acids is 2. The minimum absolute atomic E-state index is 0. The van der Waals surface area contributed by atoms with Crippen LogP contribution in [0.1, 0.15) is 36.7 Å². The van der Waals surface area contributed by atoms with Gasteiger partial charge in [0.15, 0.2) is 0 Å². The van der Waals surface area contributed by atoms with Crippen molar-refractivity contribution in [3.05, 3.63) is 87.8 Å². The molecule has 1 aliphatic rings. The van der Waals surface area contributed by atoms with Crippen LogP contribution >= 0.6 is 23.7 Å². The summed E-state index contributed by atoms with van der Waals surface area (Å²) in [7, 11) is 1.37. The van der Waals surface area contributed by atoms with E-state index in [-0.39, 0.29) is 18.3 Å². The van der Waals surface area contributed by atoms with Gasteiger partial charge in [0.25, 0.3) is 5.91 Å². The number of nitrogens with zero attached hydrogens (tertiary/aromatic N) is 1. The van der Waals surface area contributed by atoms with Crippen molar-refractivity contribution in [1.29, 1.82) is 0 Å². The van der Waals surface area contributed by atoms with Crippen LogP contribution in [-0.2, 0) is 24.2 Å². The van der Waals surface area contributed by atoms with E-state index in [9.17, 15) is 9.59 Å². The molecule has 3 aromatic rings. The number of fused-ring (bicyclic) bond motifs is 1. The van der Waals surface area contributed by atoms with Gasteiger partial charge < -0.3 is 10.1 Å². The van der Waals surface area contributed by atoms with Crippen LogP contribution in [-0.4, -0.2) is 30.4 Å². The smallest absolute Gasteiger partial charge is 0.341 e. The van der Waals surface area contributed by atoms with Crippen molar-refractivity contribution >= 4 is 40.6 Å². The molecule has 156 valence electrons. The SMILES string of the molecule is COC(=O)c1c(NC(=O)c2ccccc2)sc2c1CCN(Cc1ccccc1)C2.Cl. The number of methoxy groups -OCH3 is 1. The molecule has 2 aromatic carbocycles. The number of benzene rings is 2. The van der Waals surface area contributed by atoms with Gasteiger partial charge in [-0.15, -0.1) is 23.7 Å². The highest BCUT2D eigenvalue weighted by Gasteiger charge is 2.29. The lowest BCUT2D eigenvalue weighted by atomic mass is 10.0. The Morgan fingerprint density at radius 1 is 1.07 bits per heavy atom. The Morgan fingerprint density at radius 3 is 2.40 bits per heavy atom. The van der Waals surface area contributed by atoms with E-state index in [1.165, 1.54) is 24.0 Å². The second-order valence-corrected chi connectivity index (χ2v) is 8.07. The van der Waals surface area contributed by atoms with Gasteiger partial charge in [-0.1, -0.05) is 48.5 Å². The van der Waals surface area contributed by atoms with Gasteiger partial charge >= 0.3 is 5.97 Å². The molecule has 1 aliphatic heterocycles. The molecule has 1 amide bonds. The van der Waals surface area contributed by atoms with Gasteiger partial charge in [0.05, 0.1) is 12.7 Å². The molecule has 0 atom stereocenters. The van der Waals surface area contributed by atoms with Gasteiger partial charge in [0.2, 0.25) is 0 Å². The van der Waals surface area contributed by atoms with E-state index < -0.39 is 5.97 Å². The standard InChI is InChI=1S/C23H22N2O3S.ClH/c1-28-23(27)20-18-12-13-25(14-16-8-4-2-5-9-16)15-19(18)29-22(20)24-21(26)17-10-6-3-7-11-17;/h2-11H,12-15H2,1H3,(H,24,26);1H. The Labute approximate surface area is 186 Å². The third kappa shape index (κ3) is 4.73. The van der Waals surface area contributed by atoms with Gasteiger partial charge in [-0.2, -0.15) is 0 Å². The molecular weight excluding hydrogens is 420 g/mol. The third-order valence-corrected chi connectivity index (χ3v) is 6.17. The monoisotopic (exact) mass is 442 g/mol. The van der Waals surface area contributed by atoms with Crippen molar-refractivity contribution < 1.29 is 14.3 Å². The summed E-state index contributed by atoms with van der Waals surface area (Å²) >= 11 is 1.47. The van der Waals surface area contributed by atoms with E-state index in [1.807, 2.05) is 36.4 Å². The predicted octanol–water partition coefficient (Wildman–Crippen LogP) is 4.77. The lowest BCUT2D eigenvalue weighted by Crippen LogP contribution is -2.29. The quantitative estimate of drug-likeness (QED) is 0.578. The first-order valence-electron chi connectivity index (χ1n) is 9.51. The molecule has 0 saturated heterocycles. The van der Waals surface area contributed by atoms with Crippen molar-refractivity contribution in [2.45, 2.75) is 19.5 Å². The number of ether oxygens (including phenoxy) is 1. The second kappa shape index (κ2) is 9.89. The van der Waals surface area contributed by atoms with Crippen LogP contribution in [0.5, 0.6) is 0 Å². The van der Waals surface area contributed by atoms with E-state index in [1.54, 1.807) is 12.1 Å². The molecule has 0 radical (unpaired) electrons. The molecule has 0 unspecified atom stereocenters. The number of esters is 1. The minimum Gasteiger partial charge on any atom is -0.465 e. The van der Waals surface area contributed by atoms with Gasteiger partial charge in [0.1, 0.15) is 5.00 Å². The summed E-state index contributed by atoms with van der Waals surface area (Å²) in [5, 5.41) is 3.49. The summed E-state index contributed by atoms with van der Waals surface area (Å²) in [6.07, 6.45) is 0.754. The van der Waals surface area contributed by atoms with Gasteiger partial charge in [-0.05, 0) is 29.7 Å². The molecular formula is C23H23ClN2O3S. The summed E-state index contributed by atoms with van der Waals surface area (Å²) in [5.41, 5.74) is 3.31. The Hall–Kier alpha value is -2.67. The number of rotatable bonds is 5. The zero-order chi connectivity index (χ0) is 20.2. The maximum absolute atomic E-state index is 12.6. The minimum atomic E-state index is -0.401. The predicted molar refractivity (Wildman–Crippen MR) is 122 cm³/mol. The molecule has 5 nitrogen and oxygen atoms in total. The summed E-state index contributed by atoms with van der Waals surface area (Å²) in [4.78, 5) is 28.6. The molecule has 0 spiro atoms. The van der Waals surface area contributed by atoms with E-state index in [4.69, 9.17) is 4.74 Å². The number of thiophene rings is 1. The lowest BCUT2D eigenvalue weighted by molar-refractivity contribution is 0.0600. The molecule has 0 bridgehead atoms. The van der Waals surface area contributed by atoms with Crippen LogP contribution in [0.25, 0.3) is 0 Å². The first-order chi connectivity index (χ1) is 14.2. The van der Waals surface area contributed by atoms with Gasteiger partial charge in [0, 0.05) is 30.1 Å². The van der Waals surface area contributed by atoms with E-state index >= 15 is 0 Å². The number of amides is 1. The molecule has 2 heterocycles. The highest BCUT2D eigenvalue weighted by Crippen LogP contribution is 2.38. The van der Waals surface area contributed by atoms with Crippen LogP contribution in [0.4, 0.5) is 5.00 Å². The normalized spacial score (nSPS) is 13.1. The molecule has 30 heavy (non-hydrogen) atoms. The first kappa shape index (κ1) is 22.0. The molecule has 1 N–H and O–H groups in total. The van der Waals surface area contributed by atoms with Crippen LogP contribution in [0.2, 0.25) is 0 Å². The maximum Gasteiger partial charge on any atom is 0.341 e. The molecule has 0 aliphatic carbocycles. The highest BCUT2D eigenvalue weighted by molar-refractivity contribution is 7.17. The summed E-state index contributed by atoms with van der Waals surface area (Å²) in [6, 6.07) is 19.3.